The summed E-state index contributed by atoms with van der Waals surface area (Å²) >= 11 is 0. The molecule has 0 radical (unpaired) electrons. The van der Waals surface area contributed by atoms with Gasteiger partial charge in [0.05, 0.1) is 24.5 Å². The number of benzene rings is 1. The van der Waals surface area contributed by atoms with Crippen LogP contribution >= 0.6 is 12.4 Å². The molecule has 3 rings (SSSR count). The number of nitrogens with one attached hydrogen (secondary N) is 2. The fraction of sp³-hybridized carbons (Fsp3) is 0.529. The number of ether oxygens (including phenoxy) is 1. The van der Waals surface area contributed by atoms with E-state index in [0.29, 0.717) is 31.0 Å². The summed E-state index contributed by atoms with van der Waals surface area (Å²) in [5.74, 6) is -0.582. The molecule has 7 nitrogen and oxygen atoms in total. The summed E-state index contributed by atoms with van der Waals surface area (Å²) < 4.78 is 5.32. The first kappa shape index (κ1) is 19.5. The van der Waals surface area contributed by atoms with Gasteiger partial charge in [0.1, 0.15) is 6.04 Å². The Bertz CT molecular complexity index is 614. The average Bonchev–Trinajstić information content (AvgIpc) is 2.63. The largest absolute Gasteiger partial charge is 0.378 e. The number of hydrogen-bond acceptors (Lipinski definition) is 5. The van der Waals surface area contributed by atoms with Gasteiger partial charge in [-0.1, -0.05) is 0 Å². The van der Waals surface area contributed by atoms with Crippen LogP contribution in [0.3, 0.4) is 0 Å². The standard InChI is InChI=1S/C17H24N4O3.ClH/c18-16(22)13-5-4-12(10-15(13)21-7-2-1-3-8-21)20-17(23)14-11-24-9-6-19-14;/h4-5,10,14,19H,1-3,6-9,11H2,(H2,18,22)(H,20,23);1H. The summed E-state index contributed by atoms with van der Waals surface area (Å²) in [6, 6.07) is 4.89. The number of carbonyl (C=O) groups is 2. The Morgan fingerprint density at radius 3 is 2.64 bits per heavy atom. The van der Waals surface area contributed by atoms with Crippen LogP contribution in [0.4, 0.5) is 11.4 Å². The van der Waals surface area contributed by atoms with Crippen LogP contribution in [0.15, 0.2) is 18.2 Å². The van der Waals surface area contributed by atoms with Crippen molar-refractivity contribution in [1.82, 2.24) is 5.32 Å². The number of hydrogen-bond donors (Lipinski definition) is 3. The van der Waals surface area contributed by atoms with Gasteiger partial charge in [0.15, 0.2) is 0 Å². The van der Waals surface area contributed by atoms with E-state index >= 15 is 0 Å². The third-order valence-electron chi connectivity index (χ3n) is 4.47. The van der Waals surface area contributed by atoms with Crippen molar-refractivity contribution in [2.45, 2.75) is 25.3 Å². The Balaban J connectivity index is 0.00000225. The van der Waals surface area contributed by atoms with Crippen LogP contribution in [-0.2, 0) is 9.53 Å². The highest BCUT2D eigenvalue weighted by molar-refractivity contribution is 6.01. The fourth-order valence-corrected chi connectivity index (χ4v) is 3.18. The second-order valence-electron chi connectivity index (χ2n) is 6.21. The van der Waals surface area contributed by atoms with Gasteiger partial charge in [-0.2, -0.15) is 0 Å². The van der Waals surface area contributed by atoms with Crippen LogP contribution in [0.25, 0.3) is 0 Å². The molecule has 2 aliphatic rings. The molecule has 1 atom stereocenters. The lowest BCUT2D eigenvalue weighted by atomic mass is 10.1. The molecule has 0 saturated carbocycles. The summed E-state index contributed by atoms with van der Waals surface area (Å²) in [7, 11) is 0. The number of nitrogens with zero attached hydrogens (tertiary/aromatic N) is 1. The summed E-state index contributed by atoms with van der Waals surface area (Å²) in [4.78, 5) is 26.2. The van der Waals surface area contributed by atoms with Gasteiger partial charge in [0.25, 0.3) is 5.91 Å². The lowest BCUT2D eigenvalue weighted by molar-refractivity contribution is -0.120. The van der Waals surface area contributed by atoms with Crippen molar-refractivity contribution in [2.75, 3.05) is 43.1 Å². The van der Waals surface area contributed by atoms with Crippen molar-refractivity contribution < 1.29 is 14.3 Å². The minimum Gasteiger partial charge on any atom is -0.378 e. The summed E-state index contributed by atoms with van der Waals surface area (Å²) in [5.41, 5.74) is 7.47. The van der Waals surface area contributed by atoms with Crippen LogP contribution < -0.4 is 21.3 Å². The van der Waals surface area contributed by atoms with E-state index in [4.69, 9.17) is 10.5 Å². The second-order valence-corrected chi connectivity index (χ2v) is 6.21. The Labute approximate surface area is 153 Å². The van der Waals surface area contributed by atoms with Crippen LogP contribution in [-0.4, -0.2) is 50.7 Å². The zero-order valence-electron chi connectivity index (χ0n) is 14.1. The Hall–Kier alpha value is -1.83. The van der Waals surface area contributed by atoms with E-state index in [1.54, 1.807) is 12.1 Å². The van der Waals surface area contributed by atoms with Crippen molar-refractivity contribution in [3.63, 3.8) is 0 Å². The Morgan fingerprint density at radius 2 is 2.00 bits per heavy atom. The van der Waals surface area contributed by atoms with Gasteiger partial charge in [-0.25, -0.2) is 0 Å². The van der Waals surface area contributed by atoms with Gasteiger partial charge < -0.3 is 26.0 Å². The molecule has 2 heterocycles. The molecule has 138 valence electrons. The van der Waals surface area contributed by atoms with Gasteiger partial charge in [0.2, 0.25) is 5.91 Å². The zero-order valence-corrected chi connectivity index (χ0v) is 14.9. The van der Waals surface area contributed by atoms with Crippen molar-refractivity contribution >= 4 is 35.6 Å². The van der Waals surface area contributed by atoms with Gasteiger partial charge in [-0.3, -0.25) is 9.59 Å². The zero-order chi connectivity index (χ0) is 16.9. The van der Waals surface area contributed by atoms with E-state index in [0.717, 1.165) is 31.6 Å². The molecule has 25 heavy (non-hydrogen) atoms. The smallest absolute Gasteiger partial charge is 0.250 e. The van der Waals surface area contributed by atoms with Gasteiger partial charge in [-0.15, -0.1) is 12.4 Å². The van der Waals surface area contributed by atoms with Crippen molar-refractivity contribution in [3.8, 4) is 0 Å². The number of anilines is 2. The minimum atomic E-state index is -0.448. The minimum absolute atomic E-state index is 0. The summed E-state index contributed by atoms with van der Waals surface area (Å²) in [6.45, 7) is 3.45. The van der Waals surface area contributed by atoms with Crippen LogP contribution in [0.1, 0.15) is 29.6 Å². The van der Waals surface area contributed by atoms with E-state index in [1.807, 2.05) is 6.07 Å². The third-order valence-corrected chi connectivity index (χ3v) is 4.47. The summed E-state index contributed by atoms with van der Waals surface area (Å²) in [5, 5.41) is 6.02. The molecular weight excluding hydrogens is 344 g/mol. The highest BCUT2D eigenvalue weighted by Crippen LogP contribution is 2.27. The lowest BCUT2D eigenvalue weighted by Crippen LogP contribution is -2.48. The fourth-order valence-electron chi connectivity index (χ4n) is 3.18. The maximum absolute atomic E-state index is 12.3. The first-order chi connectivity index (χ1) is 11.6. The molecule has 0 spiro atoms. The van der Waals surface area contributed by atoms with Crippen LogP contribution in [0.2, 0.25) is 0 Å². The molecule has 1 unspecified atom stereocenters. The maximum atomic E-state index is 12.3. The average molecular weight is 369 g/mol. The molecule has 1 aromatic rings. The predicted octanol–water partition coefficient (Wildman–Crippen LogP) is 1.12. The SMILES string of the molecule is Cl.NC(=O)c1ccc(NC(=O)C2COCCN2)cc1N1CCCCC1. The lowest BCUT2D eigenvalue weighted by Gasteiger charge is -2.30. The van der Waals surface area contributed by atoms with Crippen molar-refractivity contribution in [3.05, 3.63) is 23.8 Å². The van der Waals surface area contributed by atoms with E-state index in [1.165, 1.54) is 6.42 Å². The highest BCUT2D eigenvalue weighted by atomic mass is 35.5. The normalized spacial score (nSPS) is 20.5. The van der Waals surface area contributed by atoms with Crippen LogP contribution in [0, 0.1) is 0 Å². The monoisotopic (exact) mass is 368 g/mol. The number of halogens is 1. The maximum Gasteiger partial charge on any atom is 0.250 e. The van der Waals surface area contributed by atoms with Crippen molar-refractivity contribution in [2.24, 2.45) is 5.73 Å². The first-order valence-electron chi connectivity index (χ1n) is 8.46. The number of nitrogens with two attached hydrogens (primary N) is 1. The number of morpholine rings is 1. The van der Waals surface area contributed by atoms with Gasteiger partial charge in [-0.05, 0) is 37.5 Å². The number of primary amides is 1. The Morgan fingerprint density at radius 1 is 1.24 bits per heavy atom. The van der Waals surface area contributed by atoms with E-state index < -0.39 is 5.91 Å². The molecular formula is C17H25ClN4O3. The van der Waals surface area contributed by atoms with Crippen LogP contribution in [0.5, 0.6) is 0 Å². The molecule has 0 aromatic heterocycles. The molecule has 0 aliphatic carbocycles. The van der Waals surface area contributed by atoms with Crippen molar-refractivity contribution in [1.29, 1.82) is 0 Å². The molecule has 2 amide bonds. The summed E-state index contributed by atoms with van der Waals surface area (Å²) in [6.07, 6.45) is 3.39. The van der Waals surface area contributed by atoms with E-state index in [2.05, 4.69) is 15.5 Å². The van der Waals surface area contributed by atoms with Gasteiger partial charge >= 0.3 is 0 Å². The quantitative estimate of drug-likeness (QED) is 0.740. The number of rotatable bonds is 4. The molecule has 8 heteroatoms. The number of piperidine rings is 1. The van der Waals surface area contributed by atoms with E-state index in [-0.39, 0.29) is 24.4 Å². The first-order valence-corrected chi connectivity index (χ1v) is 8.46. The molecule has 1 aromatic carbocycles. The highest BCUT2D eigenvalue weighted by Gasteiger charge is 2.22. The molecule has 0 bridgehead atoms. The molecule has 2 aliphatic heterocycles. The number of amides is 2. The Kier molecular flexibility index (Phi) is 7.04. The predicted molar refractivity (Wildman–Crippen MR) is 99.5 cm³/mol. The topological polar surface area (TPSA) is 96.7 Å². The van der Waals surface area contributed by atoms with Gasteiger partial charge in [0, 0.05) is 25.3 Å². The molecule has 2 saturated heterocycles. The third kappa shape index (κ3) is 4.84. The van der Waals surface area contributed by atoms with E-state index in [9.17, 15) is 9.59 Å². The second kappa shape index (κ2) is 9.03. The molecule has 4 N–H and O–H groups in total. The number of carbonyl (C=O) groups excluding carboxylic acids is 2. The molecule has 2 fully saturated rings.